The van der Waals surface area contributed by atoms with Crippen LogP contribution in [0.3, 0.4) is 0 Å². The van der Waals surface area contributed by atoms with Gasteiger partial charge in [-0.1, -0.05) is 58.0 Å². The Labute approximate surface area is 286 Å². The van der Waals surface area contributed by atoms with Gasteiger partial charge < -0.3 is 14.7 Å². The molecule has 5 rings (SSSR count). The Morgan fingerprint density at radius 1 is 1.04 bits per heavy atom. The van der Waals surface area contributed by atoms with Crippen LogP contribution in [0.25, 0.3) is 28.0 Å². The fourth-order valence-electron chi connectivity index (χ4n) is 6.22. The Morgan fingerprint density at radius 2 is 1.69 bits per heavy atom. The van der Waals surface area contributed by atoms with Crippen LogP contribution in [0, 0.1) is 5.82 Å². The number of fused-ring (bicyclic) bond motifs is 1. The standard InChI is InChI=1S/C36H44ClFN8O2/c1-10-29(47)44-18-23(7)45(19-22(44)6)34-25-17-26(37)32(24-13-11-12-14-27(24)38)41-35(25)46(36(48)42-34)33-30(20(2)3)39-28(15-16-43(8)9)40-31(33)21(4)5/h10-14,17,20-23H,1,15-16,18-19H2,2-9H3. The summed E-state index contributed by atoms with van der Waals surface area (Å²) in [7, 11) is 4.01. The molecule has 48 heavy (non-hydrogen) atoms. The van der Waals surface area contributed by atoms with E-state index in [1.165, 1.54) is 16.7 Å². The lowest BCUT2D eigenvalue weighted by atomic mass is 10.0. The molecule has 10 nitrogen and oxygen atoms in total. The molecule has 3 aromatic heterocycles. The van der Waals surface area contributed by atoms with Crippen molar-refractivity contribution in [1.82, 2.24) is 34.3 Å². The van der Waals surface area contributed by atoms with Crippen LogP contribution < -0.4 is 10.6 Å². The van der Waals surface area contributed by atoms with Crippen molar-refractivity contribution in [1.29, 1.82) is 0 Å². The second-order valence-corrected chi connectivity index (χ2v) is 13.8. The molecule has 254 valence electrons. The highest BCUT2D eigenvalue weighted by Crippen LogP contribution is 2.37. The molecule has 12 heteroatoms. The lowest BCUT2D eigenvalue weighted by Crippen LogP contribution is -2.58. The number of rotatable bonds is 9. The molecule has 0 spiro atoms. The first-order valence-electron chi connectivity index (χ1n) is 16.4. The predicted octanol–water partition coefficient (Wildman–Crippen LogP) is 5.99. The van der Waals surface area contributed by atoms with Gasteiger partial charge in [-0.3, -0.25) is 4.79 Å². The molecule has 0 radical (unpaired) electrons. The highest BCUT2D eigenvalue weighted by molar-refractivity contribution is 6.33. The zero-order chi connectivity index (χ0) is 35.0. The van der Waals surface area contributed by atoms with E-state index in [-0.39, 0.29) is 51.8 Å². The van der Waals surface area contributed by atoms with Gasteiger partial charge in [-0.2, -0.15) is 4.98 Å². The second-order valence-electron chi connectivity index (χ2n) is 13.4. The minimum absolute atomic E-state index is 0.0742. The highest BCUT2D eigenvalue weighted by atomic mass is 35.5. The van der Waals surface area contributed by atoms with Crippen LogP contribution in [-0.4, -0.2) is 86.0 Å². The SMILES string of the molecule is C=CC(=O)N1CC(C)N(c2nc(=O)n(-c3c(C(C)C)nc(CCN(C)C)nc3C(C)C)c3nc(-c4ccccc4F)c(Cl)cc23)CC1C. The summed E-state index contributed by atoms with van der Waals surface area (Å²) < 4.78 is 16.7. The van der Waals surface area contributed by atoms with Crippen LogP contribution in [-0.2, 0) is 11.2 Å². The monoisotopic (exact) mass is 674 g/mol. The number of halogens is 2. The number of carbonyl (C=O) groups excluding carboxylic acids is 1. The van der Waals surface area contributed by atoms with E-state index in [4.69, 9.17) is 31.5 Å². The Bertz CT molecular complexity index is 1900. The van der Waals surface area contributed by atoms with Crippen molar-refractivity contribution in [3.05, 3.63) is 81.5 Å². The van der Waals surface area contributed by atoms with Gasteiger partial charge in [0.05, 0.1) is 33.2 Å². The van der Waals surface area contributed by atoms with Crippen LogP contribution in [0.5, 0.6) is 0 Å². The molecule has 1 fully saturated rings. The molecule has 1 aromatic carbocycles. The van der Waals surface area contributed by atoms with Crippen molar-refractivity contribution in [2.45, 2.75) is 71.9 Å². The highest BCUT2D eigenvalue weighted by Gasteiger charge is 2.34. The third-order valence-corrected chi connectivity index (χ3v) is 9.02. The van der Waals surface area contributed by atoms with E-state index in [0.717, 1.165) is 6.54 Å². The van der Waals surface area contributed by atoms with Crippen molar-refractivity contribution in [3.63, 3.8) is 0 Å². The lowest BCUT2D eigenvalue weighted by Gasteiger charge is -2.44. The van der Waals surface area contributed by atoms with E-state index in [0.29, 0.717) is 53.6 Å². The molecular formula is C36H44ClFN8O2. The van der Waals surface area contributed by atoms with E-state index in [1.807, 2.05) is 60.5 Å². The normalized spacial score (nSPS) is 16.9. The molecule has 0 saturated carbocycles. The maximum absolute atomic E-state index is 15.2. The molecular weight excluding hydrogens is 631 g/mol. The fourth-order valence-corrected chi connectivity index (χ4v) is 6.48. The van der Waals surface area contributed by atoms with Crippen molar-refractivity contribution in [2.24, 2.45) is 0 Å². The summed E-state index contributed by atoms with van der Waals surface area (Å²) in [6.45, 7) is 17.3. The van der Waals surface area contributed by atoms with Crippen LogP contribution in [0.15, 0.2) is 47.8 Å². The van der Waals surface area contributed by atoms with Gasteiger partial charge >= 0.3 is 5.69 Å². The summed E-state index contributed by atoms with van der Waals surface area (Å²) >= 11 is 6.90. The van der Waals surface area contributed by atoms with Crippen LogP contribution in [0.2, 0.25) is 5.02 Å². The van der Waals surface area contributed by atoms with E-state index in [9.17, 15) is 9.59 Å². The minimum Gasteiger partial charge on any atom is -0.349 e. The third kappa shape index (κ3) is 6.71. The number of piperazine rings is 1. The van der Waals surface area contributed by atoms with Gasteiger partial charge in [0.25, 0.3) is 0 Å². The van der Waals surface area contributed by atoms with Crippen molar-refractivity contribution in [3.8, 4) is 16.9 Å². The Hall–Kier alpha value is -4.22. The average molecular weight is 675 g/mol. The number of benzene rings is 1. The van der Waals surface area contributed by atoms with Gasteiger partial charge in [-0.25, -0.2) is 28.7 Å². The van der Waals surface area contributed by atoms with Gasteiger partial charge in [0.15, 0.2) is 5.65 Å². The quantitative estimate of drug-likeness (QED) is 0.200. The lowest BCUT2D eigenvalue weighted by molar-refractivity contribution is -0.128. The summed E-state index contributed by atoms with van der Waals surface area (Å²) in [6.07, 6.45) is 1.95. The number of hydrogen-bond donors (Lipinski definition) is 0. The number of nitrogens with zero attached hydrogens (tertiary/aromatic N) is 8. The molecule has 0 bridgehead atoms. The number of pyridine rings is 1. The van der Waals surface area contributed by atoms with E-state index < -0.39 is 11.5 Å². The number of hydrogen-bond acceptors (Lipinski definition) is 8. The summed E-state index contributed by atoms with van der Waals surface area (Å²) in [5.41, 5.74) is 2.04. The van der Waals surface area contributed by atoms with Crippen LogP contribution in [0.4, 0.5) is 10.2 Å². The van der Waals surface area contributed by atoms with Crippen LogP contribution in [0.1, 0.15) is 70.6 Å². The van der Waals surface area contributed by atoms with Gasteiger partial charge in [-0.05, 0) is 64.1 Å². The van der Waals surface area contributed by atoms with E-state index >= 15 is 4.39 Å². The number of anilines is 1. The maximum atomic E-state index is 15.2. The number of likely N-dealkylation sites (N-methyl/N-ethyl adjacent to an activating group) is 1. The molecule has 1 aliphatic heterocycles. The van der Waals surface area contributed by atoms with Crippen LogP contribution >= 0.6 is 11.6 Å². The van der Waals surface area contributed by atoms with Crippen molar-refractivity contribution < 1.29 is 9.18 Å². The number of aromatic nitrogens is 5. The first-order chi connectivity index (χ1) is 22.7. The third-order valence-electron chi connectivity index (χ3n) is 8.73. The van der Waals surface area contributed by atoms with E-state index in [1.54, 1.807) is 29.2 Å². The minimum atomic E-state index is -0.565. The zero-order valence-corrected chi connectivity index (χ0v) is 29.7. The first-order valence-corrected chi connectivity index (χ1v) is 16.7. The average Bonchev–Trinajstić information content (AvgIpc) is 3.04. The molecule has 1 aliphatic rings. The van der Waals surface area contributed by atoms with Crippen molar-refractivity contribution in [2.75, 3.05) is 38.6 Å². The van der Waals surface area contributed by atoms with Crippen molar-refractivity contribution >= 4 is 34.4 Å². The van der Waals surface area contributed by atoms with E-state index in [2.05, 4.69) is 11.5 Å². The molecule has 4 heterocycles. The molecule has 2 unspecified atom stereocenters. The molecule has 2 atom stereocenters. The van der Waals surface area contributed by atoms with Gasteiger partial charge in [0.1, 0.15) is 17.5 Å². The second kappa shape index (κ2) is 14.1. The smallest absolute Gasteiger partial charge is 0.349 e. The predicted molar refractivity (Wildman–Crippen MR) is 190 cm³/mol. The summed E-state index contributed by atoms with van der Waals surface area (Å²) in [4.78, 5) is 52.6. The molecule has 0 N–H and O–H groups in total. The maximum Gasteiger partial charge on any atom is 0.355 e. The summed E-state index contributed by atoms with van der Waals surface area (Å²) in [5, 5.41) is 0.730. The zero-order valence-electron chi connectivity index (χ0n) is 29.0. The fraction of sp³-hybridized carbons (Fsp3) is 0.444. The molecule has 4 aromatic rings. The Kier molecular flexibility index (Phi) is 10.3. The molecule has 1 saturated heterocycles. The number of amides is 1. The van der Waals surface area contributed by atoms with Gasteiger partial charge in [0.2, 0.25) is 5.91 Å². The van der Waals surface area contributed by atoms with Gasteiger partial charge in [-0.15, -0.1) is 0 Å². The summed E-state index contributed by atoms with van der Waals surface area (Å²) in [5.74, 6) is 0.299. The van der Waals surface area contributed by atoms with Gasteiger partial charge in [0, 0.05) is 43.7 Å². The summed E-state index contributed by atoms with van der Waals surface area (Å²) in [6, 6.07) is 7.61. The molecule has 0 aliphatic carbocycles. The topological polar surface area (TPSA) is 100 Å². The largest absolute Gasteiger partial charge is 0.355 e. The first kappa shape index (κ1) is 35.1. The Morgan fingerprint density at radius 3 is 2.27 bits per heavy atom. The molecule has 1 amide bonds. The number of carbonyl (C=O) groups is 1. The Balaban J connectivity index is 1.85.